The van der Waals surface area contributed by atoms with Gasteiger partial charge in [0.25, 0.3) is 5.91 Å². The van der Waals surface area contributed by atoms with Gasteiger partial charge in [0.1, 0.15) is 5.56 Å². The maximum Gasteiger partial charge on any atom is 0.261 e. The van der Waals surface area contributed by atoms with Gasteiger partial charge in [-0.25, -0.2) is 0 Å². The fourth-order valence-electron chi connectivity index (χ4n) is 2.88. The van der Waals surface area contributed by atoms with Gasteiger partial charge >= 0.3 is 0 Å². The van der Waals surface area contributed by atoms with Crippen LogP contribution in [-0.4, -0.2) is 34.1 Å². The third-order valence-corrected chi connectivity index (χ3v) is 4.40. The normalized spacial score (nSPS) is 26.9. The van der Waals surface area contributed by atoms with Gasteiger partial charge in [-0.15, -0.1) is 16.7 Å². The summed E-state index contributed by atoms with van der Waals surface area (Å²) in [6, 6.07) is 0.0804. The molecule has 0 spiro atoms. The molecule has 0 saturated heterocycles. The third kappa shape index (κ3) is 3.38. The predicted molar refractivity (Wildman–Crippen MR) is 86.7 cm³/mol. The molecule has 122 valence electrons. The molecule has 23 heavy (non-hydrogen) atoms. The van der Waals surface area contributed by atoms with E-state index in [4.69, 9.17) is 11.6 Å². The van der Waals surface area contributed by atoms with Crippen LogP contribution in [0.5, 0.6) is 0 Å². The molecule has 7 heteroatoms. The van der Waals surface area contributed by atoms with E-state index < -0.39 is 11.9 Å². The molecule has 1 aliphatic heterocycles. The summed E-state index contributed by atoms with van der Waals surface area (Å²) in [5, 5.41) is 12.1. The van der Waals surface area contributed by atoms with Crippen LogP contribution in [0.2, 0.25) is 0 Å². The van der Waals surface area contributed by atoms with E-state index in [9.17, 15) is 9.18 Å². The van der Waals surface area contributed by atoms with E-state index in [2.05, 4.69) is 20.8 Å². The summed E-state index contributed by atoms with van der Waals surface area (Å²) in [7, 11) is 0. The van der Waals surface area contributed by atoms with Gasteiger partial charge in [-0.1, -0.05) is 24.3 Å². The van der Waals surface area contributed by atoms with Gasteiger partial charge in [0, 0.05) is 29.9 Å². The number of amides is 1. The molecule has 3 atom stereocenters. The average Bonchev–Trinajstić information content (AvgIpc) is 2.88. The number of aromatic amines is 1. The number of allylic oxidation sites excluding steroid dienone is 3. The van der Waals surface area contributed by atoms with Crippen molar-refractivity contribution in [2.45, 2.75) is 24.8 Å². The van der Waals surface area contributed by atoms with Crippen molar-refractivity contribution < 1.29 is 9.18 Å². The first kappa shape index (κ1) is 16.0. The summed E-state index contributed by atoms with van der Waals surface area (Å²) in [5.41, 5.74) is 1.11. The zero-order chi connectivity index (χ0) is 16.4. The van der Waals surface area contributed by atoms with Crippen molar-refractivity contribution in [2.75, 3.05) is 6.54 Å². The molecule has 0 saturated carbocycles. The highest BCUT2D eigenvalue weighted by atomic mass is 35.5. The average molecular weight is 337 g/mol. The number of nitrogens with one attached hydrogen (secondary N) is 3. The fourth-order valence-corrected chi connectivity index (χ4v) is 3.05. The van der Waals surface area contributed by atoms with Crippen molar-refractivity contribution in [2.24, 2.45) is 5.92 Å². The second-order valence-electron chi connectivity index (χ2n) is 5.70. The van der Waals surface area contributed by atoms with E-state index in [1.807, 2.05) is 30.4 Å². The lowest BCUT2D eigenvalue weighted by atomic mass is 9.87. The lowest BCUT2D eigenvalue weighted by Crippen LogP contribution is -2.44. The Hall–Kier alpha value is -1.92. The van der Waals surface area contributed by atoms with Crippen LogP contribution >= 0.6 is 11.6 Å². The van der Waals surface area contributed by atoms with Gasteiger partial charge in [0.2, 0.25) is 5.95 Å². The summed E-state index contributed by atoms with van der Waals surface area (Å²) in [6.45, 7) is 2.29. The van der Waals surface area contributed by atoms with Gasteiger partial charge < -0.3 is 10.6 Å². The van der Waals surface area contributed by atoms with Gasteiger partial charge in [0.15, 0.2) is 0 Å². The summed E-state index contributed by atoms with van der Waals surface area (Å²) >= 11 is 6.04. The number of alkyl halides is 1. The quantitative estimate of drug-likeness (QED) is 0.585. The first-order valence-corrected chi connectivity index (χ1v) is 7.94. The van der Waals surface area contributed by atoms with E-state index >= 15 is 0 Å². The monoisotopic (exact) mass is 336 g/mol. The standard InChI is InChI=1S/C16H18ClFN4O/c1-9-14(15(18)22-21-9)16(23)20-13-5-3-2-4-11(13)12-7-6-10(17)8-19-12/h2-3,5-7,10-12,19H,4,8H2,1H3,(H,20,23)(H,21,22). The van der Waals surface area contributed by atoms with Crippen LogP contribution in [0.15, 0.2) is 36.1 Å². The molecule has 0 bridgehead atoms. The maximum absolute atomic E-state index is 13.6. The van der Waals surface area contributed by atoms with E-state index in [1.54, 1.807) is 6.92 Å². The number of nitrogens with zero attached hydrogens (tertiary/aromatic N) is 1. The number of carbonyl (C=O) groups is 1. The molecule has 1 aromatic heterocycles. The number of H-pyrrole nitrogens is 1. The topological polar surface area (TPSA) is 69.8 Å². The van der Waals surface area contributed by atoms with Crippen molar-refractivity contribution >= 4 is 17.5 Å². The Morgan fingerprint density at radius 3 is 2.96 bits per heavy atom. The third-order valence-electron chi connectivity index (χ3n) is 4.10. The minimum absolute atomic E-state index is 0.0184. The molecule has 0 aromatic carbocycles. The van der Waals surface area contributed by atoms with Crippen molar-refractivity contribution in [1.29, 1.82) is 0 Å². The van der Waals surface area contributed by atoms with Crippen LogP contribution in [0.1, 0.15) is 22.5 Å². The molecule has 1 aliphatic carbocycles. The smallest absolute Gasteiger partial charge is 0.261 e. The Labute approximate surface area is 138 Å². The van der Waals surface area contributed by atoms with Gasteiger partial charge in [-0.05, 0) is 19.4 Å². The highest BCUT2D eigenvalue weighted by molar-refractivity contribution is 6.22. The summed E-state index contributed by atoms with van der Waals surface area (Å²) in [4.78, 5) is 12.4. The largest absolute Gasteiger partial charge is 0.325 e. The summed E-state index contributed by atoms with van der Waals surface area (Å²) in [6.07, 6.45) is 10.6. The minimum atomic E-state index is -0.788. The number of rotatable bonds is 3. The van der Waals surface area contributed by atoms with Crippen molar-refractivity contribution in [3.05, 3.63) is 53.3 Å². The Balaban J connectivity index is 1.77. The molecule has 3 unspecified atom stereocenters. The molecule has 1 amide bonds. The number of hydrogen-bond acceptors (Lipinski definition) is 3. The van der Waals surface area contributed by atoms with Crippen LogP contribution in [0, 0.1) is 18.8 Å². The Kier molecular flexibility index (Phi) is 4.63. The lowest BCUT2D eigenvalue weighted by molar-refractivity contribution is 0.0955. The van der Waals surface area contributed by atoms with Crippen LogP contribution in [-0.2, 0) is 0 Å². The molecule has 5 nitrogen and oxygen atoms in total. The van der Waals surface area contributed by atoms with Crippen LogP contribution in [0.25, 0.3) is 0 Å². The second-order valence-corrected chi connectivity index (χ2v) is 6.26. The Bertz CT molecular complexity index is 675. The van der Waals surface area contributed by atoms with Gasteiger partial charge in [-0.3, -0.25) is 9.89 Å². The fraction of sp³-hybridized carbons (Fsp3) is 0.375. The molecule has 1 aromatic rings. The Morgan fingerprint density at radius 2 is 2.30 bits per heavy atom. The van der Waals surface area contributed by atoms with Crippen molar-refractivity contribution in [3.8, 4) is 0 Å². The SMILES string of the molecule is Cc1[nH]nc(F)c1C(=O)NC1=CC=CCC1C1C=CC(Cl)CN1. The summed E-state index contributed by atoms with van der Waals surface area (Å²) < 4.78 is 13.6. The molecular formula is C16H18ClFN4O. The molecule has 2 aliphatic rings. The minimum Gasteiger partial charge on any atom is -0.325 e. The first-order valence-electron chi connectivity index (χ1n) is 7.50. The number of hydrogen-bond donors (Lipinski definition) is 3. The van der Waals surface area contributed by atoms with Crippen molar-refractivity contribution in [1.82, 2.24) is 20.8 Å². The number of halogens is 2. The highest BCUT2D eigenvalue weighted by Crippen LogP contribution is 2.25. The molecule has 3 rings (SSSR count). The second kappa shape index (κ2) is 6.68. The number of aryl methyl sites for hydroxylation is 1. The zero-order valence-electron chi connectivity index (χ0n) is 12.6. The van der Waals surface area contributed by atoms with E-state index in [0.717, 1.165) is 12.1 Å². The number of carbonyl (C=O) groups excluding carboxylic acids is 1. The van der Waals surface area contributed by atoms with Gasteiger partial charge in [-0.2, -0.15) is 4.39 Å². The highest BCUT2D eigenvalue weighted by Gasteiger charge is 2.28. The number of aromatic nitrogens is 2. The molecule has 0 fully saturated rings. The maximum atomic E-state index is 13.6. The van der Waals surface area contributed by atoms with Crippen LogP contribution in [0.4, 0.5) is 4.39 Å². The van der Waals surface area contributed by atoms with E-state index in [-0.39, 0.29) is 22.9 Å². The molecular weight excluding hydrogens is 319 g/mol. The van der Waals surface area contributed by atoms with Crippen LogP contribution in [0.3, 0.4) is 0 Å². The lowest BCUT2D eigenvalue weighted by Gasteiger charge is -2.31. The zero-order valence-corrected chi connectivity index (χ0v) is 13.4. The van der Waals surface area contributed by atoms with Crippen molar-refractivity contribution in [3.63, 3.8) is 0 Å². The van der Waals surface area contributed by atoms with E-state index in [0.29, 0.717) is 12.2 Å². The first-order chi connectivity index (χ1) is 11.1. The molecule has 2 heterocycles. The summed E-state index contributed by atoms with van der Waals surface area (Å²) in [5.74, 6) is -1.21. The Morgan fingerprint density at radius 1 is 1.48 bits per heavy atom. The van der Waals surface area contributed by atoms with E-state index in [1.165, 1.54) is 0 Å². The van der Waals surface area contributed by atoms with Crippen LogP contribution < -0.4 is 10.6 Å². The predicted octanol–water partition coefficient (Wildman–Crippen LogP) is 2.18. The molecule has 0 radical (unpaired) electrons. The van der Waals surface area contributed by atoms with Gasteiger partial charge in [0.05, 0.1) is 5.38 Å². The molecule has 3 N–H and O–H groups in total.